The molecule has 30 heavy (non-hydrogen) atoms. The summed E-state index contributed by atoms with van der Waals surface area (Å²) in [4.78, 5) is 19.9. The quantitative estimate of drug-likeness (QED) is 0.563. The topological polar surface area (TPSA) is 84.8 Å². The van der Waals surface area contributed by atoms with Gasteiger partial charge < -0.3 is 14.6 Å². The van der Waals surface area contributed by atoms with Crippen LogP contribution in [0.1, 0.15) is 19.5 Å². The van der Waals surface area contributed by atoms with Gasteiger partial charge in [0.25, 0.3) is 0 Å². The van der Waals surface area contributed by atoms with Gasteiger partial charge in [0.15, 0.2) is 5.82 Å². The summed E-state index contributed by atoms with van der Waals surface area (Å²) >= 11 is 0. The Labute approximate surface area is 174 Å². The zero-order valence-corrected chi connectivity index (χ0v) is 17.5. The average Bonchev–Trinajstić information content (AvgIpc) is 3.39. The second kappa shape index (κ2) is 7.53. The molecule has 5 heterocycles. The molecule has 1 atom stereocenters. The van der Waals surface area contributed by atoms with Gasteiger partial charge in [-0.15, -0.1) is 0 Å². The van der Waals surface area contributed by atoms with E-state index >= 15 is 0 Å². The van der Waals surface area contributed by atoms with E-state index in [-0.39, 0.29) is 6.04 Å². The van der Waals surface area contributed by atoms with Gasteiger partial charge in [-0.05, 0) is 25.5 Å². The molecule has 0 spiro atoms. The molecule has 8 heteroatoms. The van der Waals surface area contributed by atoms with Gasteiger partial charge in [0.1, 0.15) is 11.5 Å². The first-order chi connectivity index (χ1) is 14.7. The lowest BCUT2D eigenvalue weighted by Crippen LogP contribution is -2.44. The summed E-state index contributed by atoms with van der Waals surface area (Å²) in [6.45, 7) is 6.50. The molecule has 8 nitrogen and oxygen atoms in total. The number of morpholine rings is 1. The SMILES string of the molecule is CCc1c(-c2cc(N3CCOCC3C)nc(-c3ccnc4[nH]ccc34)n2)cnn1C. The highest BCUT2D eigenvalue weighted by atomic mass is 16.5. The van der Waals surface area contributed by atoms with Crippen molar-refractivity contribution in [1.29, 1.82) is 0 Å². The van der Waals surface area contributed by atoms with E-state index in [1.165, 1.54) is 0 Å². The molecular formula is C22H25N7O. The number of aromatic amines is 1. The molecule has 1 unspecified atom stereocenters. The van der Waals surface area contributed by atoms with Crippen LogP contribution in [0.25, 0.3) is 33.7 Å². The molecule has 0 radical (unpaired) electrons. The summed E-state index contributed by atoms with van der Waals surface area (Å²) in [6.07, 6.45) is 6.47. The minimum absolute atomic E-state index is 0.249. The molecule has 1 saturated heterocycles. The second-order valence-electron chi connectivity index (χ2n) is 7.63. The van der Waals surface area contributed by atoms with Gasteiger partial charge in [-0.1, -0.05) is 6.92 Å². The Morgan fingerprint density at radius 1 is 1.23 bits per heavy atom. The highest BCUT2D eigenvalue weighted by Gasteiger charge is 2.23. The summed E-state index contributed by atoms with van der Waals surface area (Å²) < 4.78 is 7.56. The van der Waals surface area contributed by atoms with Crippen LogP contribution in [-0.4, -0.2) is 55.5 Å². The Bertz CT molecular complexity index is 1200. The fourth-order valence-electron chi connectivity index (χ4n) is 4.16. The number of aryl methyl sites for hydroxylation is 1. The first kappa shape index (κ1) is 18.7. The number of pyridine rings is 1. The van der Waals surface area contributed by atoms with Gasteiger partial charge >= 0.3 is 0 Å². The number of nitrogens with one attached hydrogen (secondary N) is 1. The van der Waals surface area contributed by atoms with Gasteiger partial charge in [0.2, 0.25) is 0 Å². The van der Waals surface area contributed by atoms with Crippen LogP contribution in [0.4, 0.5) is 5.82 Å². The van der Waals surface area contributed by atoms with Crippen molar-refractivity contribution in [3.8, 4) is 22.6 Å². The summed E-state index contributed by atoms with van der Waals surface area (Å²) in [7, 11) is 1.97. The largest absolute Gasteiger partial charge is 0.377 e. The maximum absolute atomic E-state index is 5.64. The predicted octanol–water partition coefficient (Wildman–Crippen LogP) is 3.21. The predicted molar refractivity (Wildman–Crippen MR) is 116 cm³/mol. The third-order valence-electron chi connectivity index (χ3n) is 5.75. The lowest BCUT2D eigenvalue weighted by atomic mass is 10.1. The molecule has 1 aliphatic heterocycles. The normalized spacial score (nSPS) is 17.0. The molecule has 0 bridgehead atoms. The zero-order chi connectivity index (χ0) is 20.7. The number of rotatable bonds is 4. The minimum atomic E-state index is 0.249. The molecule has 5 rings (SSSR count). The zero-order valence-electron chi connectivity index (χ0n) is 17.5. The molecule has 1 fully saturated rings. The molecule has 0 saturated carbocycles. The van der Waals surface area contributed by atoms with Gasteiger partial charge in [0, 0.05) is 54.3 Å². The van der Waals surface area contributed by atoms with Gasteiger partial charge in [-0.25, -0.2) is 15.0 Å². The van der Waals surface area contributed by atoms with Crippen LogP contribution in [0.3, 0.4) is 0 Å². The van der Waals surface area contributed by atoms with Crippen LogP contribution in [0.2, 0.25) is 0 Å². The van der Waals surface area contributed by atoms with E-state index < -0.39 is 0 Å². The standard InChI is InChI=1S/C22H25N7O/c1-4-19-17(12-25-28(19)3)18-11-20(29-9-10-30-13-14(29)2)27-22(26-18)16-6-8-24-21-15(16)5-7-23-21/h5-8,11-12,14H,4,9-10,13H2,1-3H3,(H,23,24). The molecule has 154 valence electrons. The summed E-state index contributed by atoms with van der Waals surface area (Å²) in [5, 5.41) is 5.48. The number of H-pyrrole nitrogens is 1. The molecule has 0 amide bonds. The Morgan fingerprint density at radius 2 is 2.13 bits per heavy atom. The highest BCUT2D eigenvalue weighted by molar-refractivity contribution is 5.91. The second-order valence-corrected chi connectivity index (χ2v) is 7.63. The molecular weight excluding hydrogens is 378 g/mol. The lowest BCUT2D eigenvalue weighted by molar-refractivity contribution is 0.0985. The number of aromatic nitrogens is 6. The van der Waals surface area contributed by atoms with E-state index in [0.717, 1.165) is 52.3 Å². The molecule has 4 aromatic rings. The summed E-state index contributed by atoms with van der Waals surface area (Å²) in [6, 6.07) is 6.33. The van der Waals surface area contributed by atoms with Crippen molar-refractivity contribution in [2.75, 3.05) is 24.7 Å². The van der Waals surface area contributed by atoms with Crippen molar-refractivity contribution >= 4 is 16.9 Å². The van der Waals surface area contributed by atoms with Gasteiger partial charge in [-0.2, -0.15) is 5.10 Å². The summed E-state index contributed by atoms with van der Waals surface area (Å²) in [5.74, 6) is 1.61. The van der Waals surface area contributed by atoms with Crippen LogP contribution in [-0.2, 0) is 18.2 Å². The van der Waals surface area contributed by atoms with Crippen LogP contribution < -0.4 is 4.90 Å². The van der Waals surface area contributed by atoms with Crippen LogP contribution >= 0.6 is 0 Å². The van der Waals surface area contributed by atoms with E-state index in [1.807, 2.05) is 36.3 Å². The number of fused-ring (bicyclic) bond motifs is 1. The lowest BCUT2D eigenvalue weighted by Gasteiger charge is -2.34. The van der Waals surface area contributed by atoms with Crippen molar-refractivity contribution in [2.45, 2.75) is 26.3 Å². The molecule has 0 aromatic carbocycles. The van der Waals surface area contributed by atoms with E-state index in [4.69, 9.17) is 14.7 Å². The first-order valence-corrected chi connectivity index (χ1v) is 10.3. The Morgan fingerprint density at radius 3 is 2.97 bits per heavy atom. The number of hydrogen-bond donors (Lipinski definition) is 1. The maximum atomic E-state index is 5.64. The fraction of sp³-hybridized carbons (Fsp3) is 0.364. The third kappa shape index (κ3) is 3.13. The fourth-order valence-corrected chi connectivity index (χ4v) is 4.16. The van der Waals surface area contributed by atoms with Crippen molar-refractivity contribution < 1.29 is 4.74 Å². The molecule has 4 aromatic heterocycles. The van der Waals surface area contributed by atoms with Crippen LogP contribution in [0.5, 0.6) is 0 Å². The Balaban J connectivity index is 1.72. The Hall–Kier alpha value is -3.26. The maximum Gasteiger partial charge on any atom is 0.162 e. The van der Waals surface area contributed by atoms with E-state index in [0.29, 0.717) is 19.0 Å². The summed E-state index contributed by atoms with van der Waals surface area (Å²) in [5.41, 5.74) is 4.89. The average molecular weight is 403 g/mol. The smallest absolute Gasteiger partial charge is 0.162 e. The van der Waals surface area contributed by atoms with Gasteiger partial charge in [-0.3, -0.25) is 4.68 Å². The third-order valence-corrected chi connectivity index (χ3v) is 5.75. The van der Waals surface area contributed by atoms with Crippen LogP contribution in [0.15, 0.2) is 36.8 Å². The van der Waals surface area contributed by atoms with Gasteiger partial charge in [0.05, 0.1) is 31.1 Å². The van der Waals surface area contributed by atoms with Crippen molar-refractivity contribution in [2.24, 2.45) is 7.05 Å². The highest BCUT2D eigenvalue weighted by Crippen LogP contribution is 2.31. The van der Waals surface area contributed by atoms with Crippen molar-refractivity contribution in [3.63, 3.8) is 0 Å². The molecule has 1 N–H and O–H groups in total. The molecule has 1 aliphatic rings. The monoisotopic (exact) mass is 403 g/mol. The van der Waals surface area contributed by atoms with Crippen LogP contribution in [0, 0.1) is 0 Å². The van der Waals surface area contributed by atoms with E-state index in [2.05, 4.69) is 39.9 Å². The van der Waals surface area contributed by atoms with E-state index in [9.17, 15) is 0 Å². The Kier molecular flexibility index (Phi) is 4.71. The number of ether oxygens (including phenoxy) is 1. The first-order valence-electron chi connectivity index (χ1n) is 10.3. The van der Waals surface area contributed by atoms with Crippen molar-refractivity contribution in [1.82, 2.24) is 29.7 Å². The number of anilines is 1. The minimum Gasteiger partial charge on any atom is -0.377 e. The number of nitrogens with zero attached hydrogens (tertiary/aromatic N) is 6. The van der Waals surface area contributed by atoms with E-state index in [1.54, 1.807) is 6.20 Å². The van der Waals surface area contributed by atoms with Crippen molar-refractivity contribution in [3.05, 3.63) is 42.5 Å². The number of hydrogen-bond acceptors (Lipinski definition) is 6. The molecule has 0 aliphatic carbocycles.